The van der Waals surface area contributed by atoms with Crippen LogP contribution >= 0.6 is 11.3 Å². The quantitative estimate of drug-likeness (QED) is 0.536. The molecule has 0 aliphatic rings. The minimum Gasteiger partial charge on any atom is -0.322 e. The van der Waals surface area contributed by atoms with E-state index in [1.54, 1.807) is 0 Å². The van der Waals surface area contributed by atoms with E-state index in [4.69, 9.17) is 0 Å². The molecule has 6 nitrogen and oxygen atoms in total. The molecule has 0 bridgehead atoms. The number of carbonyl (C=O) groups excluding carboxylic acids is 1. The summed E-state index contributed by atoms with van der Waals surface area (Å²) in [6.45, 7) is 6.09. The Kier molecular flexibility index (Phi) is 4.92. The third-order valence-electron chi connectivity index (χ3n) is 4.38. The molecular weight excluding hydrogens is 370 g/mol. The molecule has 2 aromatic heterocycles. The van der Waals surface area contributed by atoms with E-state index in [1.807, 2.05) is 54.8 Å². The Balaban J connectivity index is 1.60. The number of benzene rings is 2. The number of anilines is 1. The maximum absolute atomic E-state index is 12.6. The highest BCUT2D eigenvalue weighted by Gasteiger charge is 2.13. The zero-order valence-electron chi connectivity index (χ0n) is 16.1. The molecule has 0 aliphatic carbocycles. The van der Waals surface area contributed by atoms with Gasteiger partial charge in [-0.25, -0.2) is 0 Å². The van der Waals surface area contributed by atoms with Crippen LogP contribution in [0.25, 0.3) is 15.5 Å². The van der Waals surface area contributed by atoms with Crippen molar-refractivity contribution in [3.8, 4) is 10.6 Å². The Morgan fingerprint density at radius 1 is 1.11 bits per heavy atom. The molecule has 0 unspecified atom stereocenters. The van der Waals surface area contributed by atoms with E-state index in [9.17, 15) is 4.79 Å². The molecule has 0 atom stereocenters. The van der Waals surface area contributed by atoms with Crippen LogP contribution in [0.2, 0.25) is 0 Å². The van der Waals surface area contributed by atoms with Crippen molar-refractivity contribution in [2.24, 2.45) is 0 Å². The third kappa shape index (κ3) is 3.66. The Morgan fingerprint density at radius 3 is 2.64 bits per heavy atom. The van der Waals surface area contributed by atoms with Crippen LogP contribution in [0.3, 0.4) is 0 Å². The lowest BCUT2D eigenvalue weighted by atomic mass is 10.1. The molecule has 2 aromatic carbocycles. The second kappa shape index (κ2) is 7.52. The molecule has 4 aromatic rings. The molecule has 0 aliphatic heterocycles. The summed E-state index contributed by atoms with van der Waals surface area (Å²) in [5, 5.41) is 16.9. The van der Waals surface area contributed by atoms with Gasteiger partial charge in [0.25, 0.3) is 5.91 Å². The lowest BCUT2D eigenvalue weighted by Gasteiger charge is -2.08. The summed E-state index contributed by atoms with van der Waals surface area (Å²) < 4.78 is 1.81. The van der Waals surface area contributed by atoms with Crippen molar-refractivity contribution in [1.29, 1.82) is 0 Å². The smallest absolute Gasteiger partial charge is 0.255 e. The molecule has 2 heterocycles. The number of rotatable bonds is 5. The number of aryl methyl sites for hydroxylation is 3. The first-order chi connectivity index (χ1) is 13.5. The topological polar surface area (TPSA) is 72.2 Å². The van der Waals surface area contributed by atoms with Crippen molar-refractivity contribution in [2.45, 2.75) is 33.6 Å². The van der Waals surface area contributed by atoms with E-state index >= 15 is 0 Å². The van der Waals surface area contributed by atoms with Gasteiger partial charge in [0.2, 0.25) is 4.96 Å². The average Bonchev–Trinajstić information content (AvgIpc) is 3.23. The van der Waals surface area contributed by atoms with Crippen molar-refractivity contribution in [3.63, 3.8) is 0 Å². The molecule has 7 heteroatoms. The van der Waals surface area contributed by atoms with E-state index in [2.05, 4.69) is 33.6 Å². The first-order valence-electron chi connectivity index (χ1n) is 9.24. The fraction of sp³-hybridized carbons (Fsp3) is 0.238. The summed E-state index contributed by atoms with van der Waals surface area (Å²) in [5.41, 5.74) is 4.48. The largest absolute Gasteiger partial charge is 0.322 e. The Labute approximate surface area is 167 Å². The molecule has 0 saturated heterocycles. The summed E-state index contributed by atoms with van der Waals surface area (Å²) in [5.74, 6) is 0.756. The van der Waals surface area contributed by atoms with Crippen LogP contribution in [-0.4, -0.2) is 25.7 Å². The van der Waals surface area contributed by atoms with Gasteiger partial charge < -0.3 is 5.32 Å². The molecule has 0 radical (unpaired) electrons. The first-order valence-corrected chi connectivity index (χ1v) is 10.1. The number of amides is 1. The second-order valence-corrected chi connectivity index (χ2v) is 7.84. The molecule has 0 saturated carbocycles. The van der Waals surface area contributed by atoms with Crippen molar-refractivity contribution in [3.05, 3.63) is 65.0 Å². The van der Waals surface area contributed by atoms with E-state index in [0.29, 0.717) is 5.56 Å². The van der Waals surface area contributed by atoms with Crippen LogP contribution in [0, 0.1) is 13.8 Å². The fourth-order valence-corrected chi connectivity index (χ4v) is 4.05. The molecule has 142 valence electrons. The zero-order chi connectivity index (χ0) is 19.7. The molecule has 0 fully saturated rings. The van der Waals surface area contributed by atoms with Gasteiger partial charge in [-0.05, 0) is 44.5 Å². The van der Waals surface area contributed by atoms with Gasteiger partial charge in [0.05, 0.1) is 0 Å². The van der Waals surface area contributed by atoms with Crippen LogP contribution in [-0.2, 0) is 6.42 Å². The van der Waals surface area contributed by atoms with Gasteiger partial charge >= 0.3 is 0 Å². The van der Waals surface area contributed by atoms with Crippen LogP contribution in [0.15, 0.2) is 42.5 Å². The Hall–Kier alpha value is -3.06. The van der Waals surface area contributed by atoms with Crippen molar-refractivity contribution in [2.75, 3.05) is 5.32 Å². The number of hydrogen-bond acceptors (Lipinski definition) is 5. The lowest BCUT2D eigenvalue weighted by molar-refractivity contribution is 0.102. The number of nitrogens with zero attached hydrogens (tertiary/aromatic N) is 4. The Bertz CT molecular complexity index is 1140. The van der Waals surface area contributed by atoms with E-state index < -0.39 is 0 Å². The van der Waals surface area contributed by atoms with Gasteiger partial charge in [-0.3, -0.25) is 4.79 Å². The maximum atomic E-state index is 12.6. The number of hydrogen-bond donors (Lipinski definition) is 1. The molecule has 4 rings (SSSR count). The predicted molar refractivity (Wildman–Crippen MR) is 112 cm³/mol. The van der Waals surface area contributed by atoms with Crippen LogP contribution in [0.5, 0.6) is 0 Å². The minimum absolute atomic E-state index is 0.118. The standard InChI is InChI=1S/C21H21N5OS/c1-4-6-18-23-24-21-26(18)25-20(28-21)15-7-5-8-17(12-15)22-19(27)16-10-13(2)9-14(3)11-16/h5,7-12H,4,6H2,1-3H3,(H,22,27). The van der Waals surface area contributed by atoms with Gasteiger partial charge in [0.1, 0.15) is 5.01 Å². The maximum Gasteiger partial charge on any atom is 0.255 e. The predicted octanol–water partition coefficient (Wildman–Crippen LogP) is 4.67. The number of nitrogens with one attached hydrogen (secondary N) is 1. The second-order valence-electron chi connectivity index (χ2n) is 6.88. The number of aromatic nitrogens is 4. The van der Waals surface area contributed by atoms with Gasteiger partial charge in [0.15, 0.2) is 5.82 Å². The molecule has 1 N–H and O–H groups in total. The van der Waals surface area contributed by atoms with E-state index in [0.717, 1.165) is 51.0 Å². The third-order valence-corrected chi connectivity index (χ3v) is 5.33. The average molecular weight is 392 g/mol. The highest BCUT2D eigenvalue weighted by atomic mass is 32.1. The SMILES string of the molecule is CCCc1nnc2sc(-c3cccc(NC(=O)c4cc(C)cc(C)c4)c3)nn12. The normalized spacial score (nSPS) is 11.1. The highest BCUT2D eigenvalue weighted by Crippen LogP contribution is 2.28. The fourth-order valence-electron chi connectivity index (χ4n) is 3.19. The van der Waals surface area contributed by atoms with Gasteiger partial charge in [-0.15, -0.1) is 10.2 Å². The van der Waals surface area contributed by atoms with Crippen molar-refractivity contribution in [1.82, 2.24) is 19.8 Å². The highest BCUT2D eigenvalue weighted by molar-refractivity contribution is 7.19. The van der Waals surface area contributed by atoms with Crippen LogP contribution < -0.4 is 5.32 Å². The van der Waals surface area contributed by atoms with E-state index in [1.165, 1.54) is 11.3 Å². The zero-order valence-corrected chi connectivity index (χ0v) is 16.9. The summed E-state index contributed by atoms with van der Waals surface area (Å²) in [6, 6.07) is 13.6. The number of fused-ring (bicyclic) bond motifs is 1. The summed E-state index contributed by atoms with van der Waals surface area (Å²) >= 11 is 1.49. The van der Waals surface area contributed by atoms with Crippen LogP contribution in [0.1, 0.15) is 40.7 Å². The first kappa shape index (κ1) is 18.3. The number of carbonyl (C=O) groups is 1. The molecule has 0 spiro atoms. The molecule has 28 heavy (non-hydrogen) atoms. The Morgan fingerprint density at radius 2 is 1.89 bits per heavy atom. The lowest BCUT2D eigenvalue weighted by Crippen LogP contribution is -2.12. The van der Waals surface area contributed by atoms with Gasteiger partial charge in [-0.1, -0.05) is 47.6 Å². The van der Waals surface area contributed by atoms with Gasteiger partial charge in [-0.2, -0.15) is 9.61 Å². The summed E-state index contributed by atoms with van der Waals surface area (Å²) in [6.07, 6.45) is 1.84. The van der Waals surface area contributed by atoms with Crippen molar-refractivity contribution >= 4 is 27.9 Å². The summed E-state index contributed by atoms with van der Waals surface area (Å²) in [7, 11) is 0. The molecule has 1 amide bonds. The molecular formula is C21H21N5OS. The minimum atomic E-state index is -0.118. The van der Waals surface area contributed by atoms with Crippen molar-refractivity contribution < 1.29 is 4.79 Å². The van der Waals surface area contributed by atoms with Crippen LogP contribution in [0.4, 0.5) is 5.69 Å². The summed E-state index contributed by atoms with van der Waals surface area (Å²) in [4.78, 5) is 13.4. The van der Waals surface area contributed by atoms with Gasteiger partial charge in [0, 0.05) is 23.2 Å². The van der Waals surface area contributed by atoms with E-state index in [-0.39, 0.29) is 5.91 Å². The monoisotopic (exact) mass is 391 g/mol.